The van der Waals surface area contributed by atoms with Gasteiger partial charge in [0, 0.05) is 43.5 Å². The van der Waals surface area contributed by atoms with Gasteiger partial charge in [-0.15, -0.1) is 0 Å². The number of nitrogens with zero attached hydrogens (tertiary/aromatic N) is 3. The Balaban J connectivity index is 1.33. The van der Waals surface area contributed by atoms with Crippen molar-refractivity contribution in [2.24, 2.45) is 13.0 Å². The first kappa shape index (κ1) is 21.8. The van der Waals surface area contributed by atoms with E-state index in [0.29, 0.717) is 12.4 Å². The fourth-order valence-corrected chi connectivity index (χ4v) is 4.00. The van der Waals surface area contributed by atoms with E-state index in [9.17, 15) is 9.59 Å². The smallest absolute Gasteiger partial charge is 0.246 e. The van der Waals surface area contributed by atoms with Crippen LogP contribution in [0.1, 0.15) is 24.1 Å². The molecule has 0 atom stereocenters. The second-order valence-electron chi connectivity index (χ2n) is 8.27. The maximum Gasteiger partial charge on any atom is 0.246 e. The molecule has 0 radical (unpaired) electrons. The maximum absolute atomic E-state index is 12.6. The van der Waals surface area contributed by atoms with Crippen molar-refractivity contribution >= 4 is 34.6 Å². The van der Waals surface area contributed by atoms with Gasteiger partial charge in [0.2, 0.25) is 11.8 Å². The van der Waals surface area contributed by atoms with E-state index in [1.54, 1.807) is 36.4 Å². The van der Waals surface area contributed by atoms with Gasteiger partial charge in [0.15, 0.2) is 0 Å². The number of anilines is 1. The van der Waals surface area contributed by atoms with Crippen LogP contribution in [0.3, 0.4) is 0 Å². The molecule has 2 amide bonds. The first-order valence-corrected chi connectivity index (χ1v) is 11.0. The normalized spacial score (nSPS) is 14.7. The number of carbonyl (C=O) groups is 2. The third-order valence-electron chi connectivity index (χ3n) is 5.99. The minimum absolute atomic E-state index is 0.0208. The maximum atomic E-state index is 12.6. The fourth-order valence-electron chi connectivity index (χ4n) is 4.00. The van der Waals surface area contributed by atoms with Gasteiger partial charge in [0.25, 0.3) is 0 Å². The largest absolute Gasteiger partial charge is 0.346 e. The quantitative estimate of drug-likeness (QED) is 0.588. The predicted molar refractivity (Wildman–Crippen MR) is 127 cm³/mol. The molecular weight excluding hydrogens is 402 g/mol. The van der Waals surface area contributed by atoms with Crippen LogP contribution in [-0.4, -0.2) is 46.4 Å². The summed E-state index contributed by atoms with van der Waals surface area (Å²) in [5.41, 5.74) is 3.03. The number of hydrogen-bond donors (Lipinski definition) is 2. The average molecular weight is 432 g/mol. The van der Waals surface area contributed by atoms with Gasteiger partial charge in [0.1, 0.15) is 5.82 Å². The topological polar surface area (TPSA) is 79.3 Å². The van der Waals surface area contributed by atoms with Crippen molar-refractivity contribution in [2.45, 2.75) is 19.4 Å². The first-order valence-electron chi connectivity index (χ1n) is 11.0. The highest BCUT2D eigenvalue weighted by Crippen LogP contribution is 2.19. The van der Waals surface area contributed by atoms with E-state index >= 15 is 0 Å². The van der Waals surface area contributed by atoms with Crippen LogP contribution in [0.15, 0.2) is 54.7 Å². The number of piperidine rings is 1. The summed E-state index contributed by atoms with van der Waals surface area (Å²) in [5, 5.41) is 7.31. The molecule has 0 unspecified atom stereocenters. The summed E-state index contributed by atoms with van der Waals surface area (Å²) < 4.78 is 2.11. The molecule has 4 rings (SSSR count). The number of nitrogens with one attached hydrogen (secondary N) is 2. The van der Waals surface area contributed by atoms with Crippen LogP contribution in [-0.2, 0) is 23.2 Å². The Labute approximate surface area is 188 Å². The Bertz CT molecular complexity index is 1130. The van der Waals surface area contributed by atoms with Crippen LogP contribution in [0.2, 0.25) is 0 Å². The highest BCUT2D eigenvalue weighted by molar-refractivity contribution is 5.93. The molecule has 2 aromatic heterocycles. The zero-order chi connectivity index (χ0) is 22.5. The number of hydrogen-bond acceptors (Lipinski definition) is 4. The zero-order valence-corrected chi connectivity index (χ0v) is 18.5. The lowest BCUT2D eigenvalue weighted by molar-refractivity contribution is -0.125. The number of fused-ring (bicyclic) bond motifs is 1. The molecule has 1 fully saturated rings. The lowest BCUT2D eigenvalue weighted by Gasteiger charge is -2.21. The zero-order valence-electron chi connectivity index (χ0n) is 18.5. The number of likely N-dealkylation sites (N-methyl/N-ethyl adjacent to an activating group) is 1. The molecule has 1 saturated heterocycles. The number of pyridine rings is 1. The standard InChI is InChI=1S/C25H29N5O2/c1-29(17-21-15-20-5-3-4-6-22(20)30(21)2)24(31)10-8-18-7-9-23(27-16-18)28-25(32)19-11-13-26-14-12-19/h3-10,15-16,19,26H,11-14,17H2,1-2H3,(H,27,28,32). The number of aromatic nitrogens is 2. The van der Waals surface area contributed by atoms with Crippen LogP contribution in [0.5, 0.6) is 0 Å². The second-order valence-corrected chi connectivity index (χ2v) is 8.27. The van der Waals surface area contributed by atoms with Crippen molar-refractivity contribution in [3.63, 3.8) is 0 Å². The molecule has 0 saturated carbocycles. The van der Waals surface area contributed by atoms with E-state index in [2.05, 4.69) is 38.4 Å². The van der Waals surface area contributed by atoms with Gasteiger partial charge in [-0.05, 0) is 67.2 Å². The molecule has 3 aromatic rings. The van der Waals surface area contributed by atoms with Crippen LogP contribution in [0.25, 0.3) is 17.0 Å². The lowest BCUT2D eigenvalue weighted by atomic mass is 9.97. The molecular formula is C25H29N5O2. The number of aryl methyl sites for hydroxylation is 1. The molecule has 2 N–H and O–H groups in total. The summed E-state index contributed by atoms with van der Waals surface area (Å²) in [5.74, 6) is 0.503. The number of benzene rings is 1. The Morgan fingerprint density at radius 2 is 2.00 bits per heavy atom. The molecule has 7 heteroatoms. The van der Waals surface area contributed by atoms with Crippen LogP contribution in [0, 0.1) is 5.92 Å². The number of para-hydroxylation sites is 1. The van der Waals surface area contributed by atoms with Crippen molar-refractivity contribution in [3.05, 3.63) is 66.0 Å². The minimum atomic E-state index is -0.0847. The summed E-state index contributed by atoms with van der Waals surface area (Å²) in [4.78, 5) is 30.9. The third-order valence-corrected chi connectivity index (χ3v) is 5.99. The monoisotopic (exact) mass is 431 g/mol. The fraction of sp³-hybridized carbons (Fsp3) is 0.320. The number of rotatable bonds is 6. The Kier molecular flexibility index (Phi) is 6.66. The van der Waals surface area contributed by atoms with E-state index in [4.69, 9.17) is 0 Å². The molecule has 7 nitrogen and oxygen atoms in total. The minimum Gasteiger partial charge on any atom is -0.346 e. The third kappa shape index (κ3) is 5.06. The molecule has 3 heterocycles. The van der Waals surface area contributed by atoms with Crippen molar-refractivity contribution in [1.29, 1.82) is 0 Å². The SMILES string of the molecule is CN(Cc1cc2ccccc2n1C)C(=O)C=Cc1ccc(NC(=O)C2CCNCC2)nc1. The summed E-state index contributed by atoms with van der Waals surface area (Å²) in [7, 11) is 3.81. The van der Waals surface area contributed by atoms with Crippen molar-refractivity contribution in [2.75, 3.05) is 25.5 Å². The van der Waals surface area contributed by atoms with E-state index in [0.717, 1.165) is 42.7 Å². The molecule has 1 aliphatic heterocycles. The highest BCUT2D eigenvalue weighted by Gasteiger charge is 2.21. The Morgan fingerprint density at radius 1 is 1.22 bits per heavy atom. The Morgan fingerprint density at radius 3 is 2.72 bits per heavy atom. The molecule has 0 bridgehead atoms. The van der Waals surface area contributed by atoms with Gasteiger partial charge < -0.3 is 20.1 Å². The first-order chi connectivity index (χ1) is 15.5. The lowest BCUT2D eigenvalue weighted by Crippen LogP contribution is -2.34. The van der Waals surface area contributed by atoms with Crippen LogP contribution < -0.4 is 10.6 Å². The summed E-state index contributed by atoms with van der Waals surface area (Å²) in [6.45, 7) is 2.27. The van der Waals surface area contributed by atoms with Gasteiger partial charge in [0.05, 0.1) is 6.54 Å². The van der Waals surface area contributed by atoms with E-state index in [1.807, 2.05) is 25.2 Å². The van der Waals surface area contributed by atoms with Gasteiger partial charge in [-0.2, -0.15) is 0 Å². The highest BCUT2D eigenvalue weighted by atomic mass is 16.2. The molecule has 32 heavy (non-hydrogen) atoms. The van der Waals surface area contributed by atoms with Crippen LogP contribution in [0.4, 0.5) is 5.82 Å². The molecule has 166 valence electrons. The molecule has 1 aliphatic rings. The van der Waals surface area contributed by atoms with E-state index < -0.39 is 0 Å². The van der Waals surface area contributed by atoms with E-state index in [-0.39, 0.29) is 17.7 Å². The van der Waals surface area contributed by atoms with E-state index in [1.165, 1.54) is 5.39 Å². The van der Waals surface area contributed by atoms with Gasteiger partial charge in [-0.3, -0.25) is 9.59 Å². The van der Waals surface area contributed by atoms with Crippen LogP contribution >= 0.6 is 0 Å². The average Bonchev–Trinajstić information content (AvgIpc) is 3.14. The predicted octanol–water partition coefficient (Wildman–Crippen LogP) is 3.18. The van der Waals surface area contributed by atoms with Gasteiger partial charge in [-0.1, -0.05) is 18.2 Å². The second kappa shape index (κ2) is 9.78. The molecule has 0 aliphatic carbocycles. The van der Waals surface area contributed by atoms with Crippen molar-refractivity contribution < 1.29 is 9.59 Å². The summed E-state index contributed by atoms with van der Waals surface area (Å²) >= 11 is 0. The van der Waals surface area contributed by atoms with Gasteiger partial charge in [-0.25, -0.2) is 4.98 Å². The van der Waals surface area contributed by atoms with Crippen molar-refractivity contribution in [1.82, 2.24) is 19.8 Å². The number of carbonyl (C=O) groups excluding carboxylic acids is 2. The number of amides is 2. The summed E-state index contributed by atoms with van der Waals surface area (Å²) in [6, 6.07) is 13.9. The van der Waals surface area contributed by atoms with Gasteiger partial charge >= 0.3 is 0 Å². The summed E-state index contributed by atoms with van der Waals surface area (Å²) in [6.07, 6.45) is 6.65. The molecule has 1 aromatic carbocycles. The molecule has 0 spiro atoms. The van der Waals surface area contributed by atoms with Crippen molar-refractivity contribution in [3.8, 4) is 0 Å². The Hall–Kier alpha value is -3.45.